The molecule has 1 N–H and O–H groups in total. The number of benzene rings is 1. The quantitative estimate of drug-likeness (QED) is 0.755. The van der Waals surface area contributed by atoms with Crippen LogP contribution in [0.4, 0.5) is 4.39 Å². The van der Waals surface area contributed by atoms with Crippen LogP contribution in [0, 0.1) is 5.82 Å². The van der Waals surface area contributed by atoms with Crippen molar-refractivity contribution in [1.82, 2.24) is 5.32 Å². The minimum atomic E-state index is -0.154. The van der Waals surface area contributed by atoms with Gasteiger partial charge in [-0.3, -0.25) is 0 Å². The molecule has 1 aliphatic rings. The molecule has 1 aromatic rings. The van der Waals surface area contributed by atoms with Gasteiger partial charge in [-0.2, -0.15) is 0 Å². The molecule has 0 saturated heterocycles. The molecule has 0 spiro atoms. The summed E-state index contributed by atoms with van der Waals surface area (Å²) in [5.41, 5.74) is 2.76. The van der Waals surface area contributed by atoms with E-state index in [1.165, 1.54) is 31.2 Å². The molecule has 1 aromatic carbocycles. The highest BCUT2D eigenvalue weighted by Crippen LogP contribution is 2.22. The minimum Gasteiger partial charge on any atom is -0.310 e. The molecule has 0 bridgehead atoms. The summed E-state index contributed by atoms with van der Waals surface area (Å²) in [6.45, 7) is 3.24. The van der Waals surface area contributed by atoms with Crippen molar-refractivity contribution >= 4 is 0 Å². The van der Waals surface area contributed by atoms with Crippen LogP contribution < -0.4 is 5.32 Å². The molecule has 0 amide bonds. The van der Waals surface area contributed by atoms with Crippen LogP contribution in [0.5, 0.6) is 0 Å². The molecule has 104 valence electrons. The topological polar surface area (TPSA) is 12.0 Å². The highest BCUT2D eigenvalue weighted by Gasteiger charge is 2.16. The first-order valence-electron chi connectivity index (χ1n) is 7.46. The van der Waals surface area contributed by atoms with Crippen molar-refractivity contribution in [1.29, 1.82) is 0 Å². The first-order chi connectivity index (χ1) is 9.29. The second-order valence-corrected chi connectivity index (χ2v) is 5.36. The number of rotatable bonds is 6. The molecule has 1 unspecified atom stereocenters. The Morgan fingerprint density at radius 3 is 2.63 bits per heavy atom. The SMILES string of the molecule is CCCNC(Cc1ccc(F)cc1)C1=CCCCC1. The molecule has 19 heavy (non-hydrogen) atoms. The third-order valence-electron chi connectivity index (χ3n) is 3.77. The zero-order chi connectivity index (χ0) is 13.5. The summed E-state index contributed by atoms with van der Waals surface area (Å²) in [6, 6.07) is 7.34. The monoisotopic (exact) mass is 261 g/mol. The smallest absolute Gasteiger partial charge is 0.123 e. The van der Waals surface area contributed by atoms with Crippen molar-refractivity contribution in [2.75, 3.05) is 6.54 Å². The van der Waals surface area contributed by atoms with Gasteiger partial charge in [-0.25, -0.2) is 4.39 Å². The zero-order valence-corrected chi connectivity index (χ0v) is 11.8. The number of hydrogen-bond acceptors (Lipinski definition) is 1. The largest absolute Gasteiger partial charge is 0.310 e. The van der Waals surface area contributed by atoms with E-state index >= 15 is 0 Å². The average Bonchev–Trinajstić information content (AvgIpc) is 2.46. The van der Waals surface area contributed by atoms with E-state index in [1.54, 1.807) is 17.7 Å². The van der Waals surface area contributed by atoms with Gasteiger partial charge in [0.2, 0.25) is 0 Å². The molecule has 0 aliphatic heterocycles. The van der Waals surface area contributed by atoms with Gasteiger partial charge < -0.3 is 5.32 Å². The fraction of sp³-hybridized carbons (Fsp3) is 0.529. The van der Waals surface area contributed by atoms with Crippen LogP contribution in [-0.2, 0) is 6.42 Å². The summed E-state index contributed by atoms with van der Waals surface area (Å²) >= 11 is 0. The third kappa shape index (κ3) is 4.46. The summed E-state index contributed by atoms with van der Waals surface area (Å²) in [5, 5.41) is 3.64. The van der Waals surface area contributed by atoms with Gasteiger partial charge in [0.25, 0.3) is 0 Å². The van der Waals surface area contributed by atoms with E-state index < -0.39 is 0 Å². The van der Waals surface area contributed by atoms with Gasteiger partial charge in [-0.05, 0) is 62.8 Å². The van der Waals surface area contributed by atoms with Gasteiger partial charge in [0, 0.05) is 6.04 Å². The summed E-state index contributed by atoms with van der Waals surface area (Å²) in [5.74, 6) is -0.154. The molecule has 2 rings (SSSR count). The maximum atomic E-state index is 13.0. The van der Waals surface area contributed by atoms with E-state index in [2.05, 4.69) is 18.3 Å². The second kappa shape index (κ2) is 7.44. The lowest BCUT2D eigenvalue weighted by atomic mass is 9.90. The minimum absolute atomic E-state index is 0.154. The number of hydrogen-bond donors (Lipinski definition) is 1. The molecule has 0 radical (unpaired) electrons. The van der Waals surface area contributed by atoms with Gasteiger partial charge in [0.15, 0.2) is 0 Å². The Morgan fingerprint density at radius 2 is 2.00 bits per heavy atom. The van der Waals surface area contributed by atoms with Crippen LogP contribution >= 0.6 is 0 Å². The Hall–Kier alpha value is -1.15. The van der Waals surface area contributed by atoms with Crippen molar-refractivity contribution in [3.63, 3.8) is 0 Å². The van der Waals surface area contributed by atoms with E-state index in [0.717, 1.165) is 19.4 Å². The zero-order valence-electron chi connectivity index (χ0n) is 11.8. The van der Waals surface area contributed by atoms with Gasteiger partial charge in [0.1, 0.15) is 5.82 Å². The molecular formula is C17H24FN. The van der Waals surface area contributed by atoms with E-state index in [1.807, 2.05) is 12.1 Å². The molecule has 0 aromatic heterocycles. The predicted molar refractivity (Wildman–Crippen MR) is 78.7 cm³/mol. The Labute approximate surface area is 115 Å². The highest BCUT2D eigenvalue weighted by molar-refractivity contribution is 5.22. The normalized spacial score (nSPS) is 17.1. The summed E-state index contributed by atoms with van der Waals surface area (Å²) in [4.78, 5) is 0. The number of halogens is 1. The first-order valence-corrected chi connectivity index (χ1v) is 7.46. The standard InChI is InChI=1S/C17H24FN/c1-2-12-19-17(15-6-4-3-5-7-15)13-14-8-10-16(18)11-9-14/h6,8-11,17,19H,2-5,7,12-13H2,1H3. The van der Waals surface area contributed by atoms with Gasteiger partial charge in [-0.15, -0.1) is 0 Å². The fourth-order valence-electron chi connectivity index (χ4n) is 2.69. The number of allylic oxidation sites excluding steroid dienone is 1. The van der Waals surface area contributed by atoms with Crippen LogP contribution in [0.15, 0.2) is 35.9 Å². The van der Waals surface area contributed by atoms with Crippen molar-refractivity contribution in [3.8, 4) is 0 Å². The van der Waals surface area contributed by atoms with E-state index in [0.29, 0.717) is 6.04 Å². The fourth-order valence-corrected chi connectivity index (χ4v) is 2.69. The Balaban J connectivity index is 2.04. The Kier molecular flexibility index (Phi) is 5.59. The Bertz CT molecular complexity index is 408. The van der Waals surface area contributed by atoms with Crippen LogP contribution in [-0.4, -0.2) is 12.6 Å². The van der Waals surface area contributed by atoms with Gasteiger partial charge >= 0.3 is 0 Å². The lowest BCUT2D eigenvalue weighted by molar-refractivity contribution is 0.525. The number of nitrogens with one attached hydrogen (secondary N) is 1. The molecule has 0 fully saturated rings. The molecular weight excluding hydrogens is 237 g/mol. The predicted octanol–water partition coefficient (Wildman–Crippen LogP) is 4.24. The average molecular weight is 261 g/mol. The molecule has 0 heterocycles. The van der Waals surface area contributed by atoms with Crippen molar-refractivity contribution in [3.05, 3.63) is 47.3 Å². The highest BCUT2D eigenvalue weighted by atomic mass is 19.1. The van der Waals surface area contributed by atoms with Crippen LogP contribution in [0.25, 0.3) is 0 Å². The molecule has 2 heteroatoms. The maximum Gasteiger partial charge on any atom is 0.123 e. The lowest BCUT2D eigenvalue weighted by Gasteiger charge is -2.24. The first kappa shape index (κ1) is 14.3. The molecule has 0 saturated carbocycles. The van der Waals surface area contributed by atoms with E-state index in [9.17, 15) is 4.39 Å². The third-order valence-corrected chi connectivity index (χ3v) is 3.77. The molecule has 1 aliphatic carbocycles. The summed E-state index contributed by atoms with van der Waals surface area (Å²) < 4.78 is 13.0. The van der Waals surface area contributed by atoms with E-state index in [-0.39, 0.29) is 5.82 Å². The van der Waals surface area contributed by atoms with Crippen molar-refractivity contribution in [2.24, 2.45) is 0 Å². The second-order valence-electron chi connectivity index (χ2n) is 5.36. The molecule has 1 nitrogen and oxygen atoms in total. The Morgan fingerprint density at radius 1 is 1.21 bits per heavy atom. The van der Waals surface area contributed by atoms with E-state index in [4.69, 9.17) is 0 Å². The van der Waals surface area contributed by atoms with Crippen LogP contribution in [0.3, 0.4) is 0 Å². The van der Waals surface area contributed by atoms with Crippen molar-refractivity contribution < 1.29 is 4.39 Å². The summed E-state index contributed by atoms with van der Waals surface area (Å²) in [7, 11) is 0. The lowest BCUT2D eigenvalue weighted by Crippen LogP contribution is -2.34. The van der Waals surface area contributed by atoms with Crippen LogP contribution in [0.2, 0.25) is 0 Å². The summed E-state index contributed by atoms with van der Waals surface area (Å²) in [6.07, 6.45) is 9.56. The van der Waals surface area contributed by atoms with Crippen LogP contribution in [0.1, 0.15) is 44.6 Å². The van der Waals surface area contributed by atoms with Gasteiger partial charge in [0.05, 0.1) is 0 Å². The molecule has 1 atom stereocenters. The van der Waals surface area contributed by atoms with Crippen molar-refractivity contribution in [2.45, 2.75) is 51.5 Å². The maximum absolute atomic E-state index is 13.0. The van der Waals surface area contributed by atoms with Gasteiger partial charge in [-0.1, -0.05) is 30.7 Å².